The molecule has 0 fully saturated rings. The number of halogens is 10. The Kier molecular flexibility index (Phi) is 20.6. The van der Waals surface area contributed by atoms with Crippen LogP contribution in [0.25, 0.3) is 0 Å². The molecule has 0 N–H and O–H groups in total. The number of carbonyl (C=O) groups is 2. The average molecular weight is 662 g/mol. The second-order valence-electron chi connectivity index (χ2n) is 7.70. The number of hydrogen-bond acceptors (Lipinski definition) is 11. The Morgan fingerprint density at radius 1 is 0.326 bits per heavy atom. The first-order valence-electron chi connectivity index (χ1n) is 12.3. The lowest BCUT2D eigenvalue weighted by Gasteiger charge is -2.17. The zero-order valence-electron chi connectivity index (χ0n) is 22.6. The molecule has 11 nitrogen and oxygen atoms in total. The summed E-state index contributed by atoms with van der Waals surface area (Å²) in [6.45, 7) is -0.510. The number of rotatable bonds is 26. The van der Waals surface area contributed by atoms with Crippen molar-refractivity contribution in [2.75, 3.05) is 106 Å². The largest absolute Gasteiger partial charge is 0.465 e. The van der Waals surface area contributed by atoms with Crippen molar-refractivity contribution < 1.29 is 96.1 Å². The van der Waals surface area contributed by atoms with Crippen LogP contribution in [0.3, 0.4) is 0 Å². The summed E-state index contributed by atoms with van der Waals surface area (Å²) < 4.78 is 166. The summed E-state index contributed by atoms with van der Waals surface area (Å²) in [6.07, 6.45) is -12.1. The first-order valence-corrected chi connectivity index (χ1v) is 12.3. The predicted octanol–water partition coefficient (Wildman–Crippen LogP) is 2.58. The van der Waals surface area contributed by atoms with E-state index < -0.39 is 62.6 Å². The van der Waals surface area contributed by atoms with Crippen LogP contribution in [0.4, 0.5) is 43.9 Å². The Hall–Kier alpha value is -2.04. The van der Waals surface area contributed by atoms with Crippen LogP contribution in [0.5, 0.6) is 0 Å². The number of carbonyl (C=O) groups excluding carboxylic acids is 2. The van der Waals surface area contributed by atoms with E-state index in [1.807, 2.05) is 0 Å². The minimum atomic E-state index is -6.04. The van der Waals surface area contributed by atoms with Gasteiger partial charge in [0.25, 0.3) is 0 Å². The van der Waals surface area contributed by atoms with Gasteiger partial charge in [0.1, 0.15) is 13.2 Å². The Balaban J connectivity index is 3.35. The van der Waals surface area contributed by atoms with Gasteiger partial charge in [0, 0.05) is 0 Å². The van der Waals surface area contributed by atoms with Crippen LogP contribution in [0, 0.1) is 0 Å². The van der Waals surface area contributed by atoms with Crippen molar-refractivity contribution in [2.45, 2.75) is 24.2 Å². The summed E-state index contributed by atoms with van der Waals surface area (Å²) in [5.74, 6) is -16.6. The van der Waals surface area contributed by atoms with Crippen LogP contribution >= 0.6 is 0 Å². The van der Waals surface area contributed by atoms with Crippen LogP contribution in [-0.4, -0.2) is 142 Å². The summed E-state index contributed by atoms with van der Waals surface area (Å²) in [5.41, 5.74) is 0. The Bertz CT molecular complexity index is 692. The summed E-state index contributed by atoms with van der Waals surface area (Å²) in [6, 6.07) is 0. The first-order chi connectivity index (χ1) is 20.0. The van der Waals surface area contributed by atoms with E-state index in [1.54, 1.807) is 0 Å². The highest BCUT2D eigenvalue weighted by atomic mass is 19.4. The van der Waals surface area contributed by atoms with Gasteiger partial charge in [-0.2, -0.15) is 43.9 Å². The second-order valence-corrected chi connectivity index (χ2v) is 7.70. The molecule has 256 valence electrons. The van der Waals surface area contributed by atoms with Crippen molar-refractivity contribution in [3.05, 3.63) is 0 Å². The van der Waals surface area contributed by atoms with E-state index in [0.29, 0.717) is 0 Å². The molecule has 0 heterocycles. The fraction of sp³-hybridized carbons (Fsp3) is 0.909. The maximum absolute atomic E-state index is 12.6. The topological polar surface area (TPSA) is 117 Å². The molecule has 0 atom stereocenters. The summed E-state index contributed by atoms with van der Waals surface area (Å²) in [4.78, 5) is 21.5. The quantitative estimate of drug-likeness (QED) is 0.0774. The van der Waals surface area contributed by atoms with Gasteiger partial charge in [-0.1, -0.05) is 0 Å². The molecule has 0 rings (SSSR count). The molecular weight excluding hydrogens is 630 g/mol. The van der Waals surface area contributed by atoms with Crippen molar-refractivity contribution in [1.29, 1.82) is 0 Å². The molecule has 0 aliphatic carbocycles. The first kappa shape index (κ1) is 41.0. The minimum Gasteiger partial charge on any atom is -0.459 e. The van der Waals surface area contributed by atoms with Gasteiger partial charge >= 0.3 is 36.1 Å². The molecule has 0 saturated heterocycles. The molecule has 0 saturated carbocycles. The zero-order chi connectivity index (χ0) is 32.8. The molecule has 0 spiro atoms. The molecule has 0 aromatic rings. The zero-order valence-corrected chi connectivity index (χ0v) is 22.6. The van der Waals surface area contributed by atoms with E-state index >= 15 is 0 Å². The van der Waals surface area contributed by atoms with Gasteiger partial charge in [-0.3, -0.25) is 0 Å². The highest BCUT2D eigenvalue weighted by molar-refractivity contribution is 5.79. The third-order valence-corrected chi connectivity index (χ3v) is 4.38. The van der Waals surface area contributed by atoms with E-state index in [4.69, 9.17) is 33.2 Å². The lowest BCUT2D eigenvalue weighted by atomic mass is 10.3. The number of alkyl halides is 10. The summed E-state index contributed by atoms with van der Waals surface area (Å²) in [5, 5.41) is 0. The highest BCUT2D eigenvalue weighted by Crippen LogP contribution is 2.37. The fourth-order valence-electron chi connectivity index (χ4n) is 2.22. The number of hydrogen-bond donors (Lipinski definition) is 0. The van der Waals surface area contributed by atoms with Crippen LogP contribution in [0.1, 0.15) is 0 Å². The summed E-state index contributed by atoms with van der Waals surface area (Å²) >= 11 is 0. The molecule has 0 aromatic carbocycles. The van der Waals surface area contributed by atoms with E-state index in [2.05, 4.69) is 9.47 Å². The smallest absolute Gasteiger partial charge is 0.459 e. The van der Waals surface area contributed by atoms with E-state index in [1.165, 1.54) is 0 Å². The van der Waals surface area contributed by atoms with Crippen molar-refractivity contribution >= 4 is 11.9 Å². The van der Waals surface area contributed by atoms with Crippen LogP contribution in [0.2, 0.25) is 0 Å². The van der Waals surface area contributed by atoms with Gasteiger partial charge in [0.15, 0.2) is 0 Å². The molecule has 21 heteroatoms. The van der Waals surface area contributed by atoms with Gasteiger partial charge in [-0.05, 0) is 0 Å². The molecule has 0 aliphatic heterocycles. The normalized spacial score (nSPS) is 12.9. The summed E-state index contributed by atoms with van der Waals surface area (Å²) in [7, 11) is 0. The van der Waals surface area contributed by atoms with Crippen LogP contribution in [-0.2, 0) is 52.2 Å². The van der Waals surface area contributed by atoms with Gasteiger partial charge in [-0.15, -0.1) is 0 Å². The van der Waals surface area contributed by atoms with E-state index in [-0.39, 0.29) is 79.3 Å². The molecule has 0 aliphatic rings. The number of ether oxygens (including phenoxy) is 9. The van der Waals surface area contributed by atoms with E-state index in [0.717, 1.165) is 0 Å². The SMILES string of the molecule is O=C(OCCOCCOCCOCCOCCOCCOCCOCCOC(=O)C(F)(F)C(F)(F)F)C(F)(F)C(F)(F)F. The Morgan fingerprint density at radius 2 is 0.488 bits per heavy atom. The second kappa shape index (κ2) is 21.6. The van der Waals surface area contributed by atoms with E-state index in [9.17, 15) is 53.5 Å². The van der Waals surface area contributed by atoms with Crippen molar-refractivity contribution in [3.8, 4) is 0 Å². The Morgan fingerprint density at radius 3 is 0.651 bits per heavy atom. The van der Waals surface area contributed by atoms with Gasteiger partial charge in [0.2, 0.25) is 0 Å². The van der Waals surface area contributed by atoms with Gasteiger partial charge in [-0.25, -0.2) is 9.59 Å². The fourth-order valence-corrected chi connectivity index (χ4v) is 2.22. The monoisotopic (exact) mass is 662 g/mol. The molecule has 0 aromatic heterocycles. The van der Waals surface area contributed by atoms with Crippen LogP contribution < -0.4 is 0 Å². The predicted molar refractivity (Wildman–Crippen MR) is 120 cm³/mol. The standard InChI is InChI=1S/C22H32F10O11/c23-19(24,21(27,28)29)17(33)42-15-13-40-11-9-38-7-5-36-3-1-35-2-4-37-6-8-39-10-12-41-14-16-43-18(34)20(25,26)22(30,31)32/h1-16H2. The van der Waals surface area contributed by atoms with Crippen molar-refractivity contribution in [3.63, 3.8) is 0 Å². The number of esters is 2. The molecule has 0 radical (unpaired) electrons. The molecule has 0 unspecified atom stereocenters. The average Bonchev–Trinajstić information content (AvgIpc) is 2.91. The lowest BCUT2D eigenvalue weighted by molar-refractivity contribution is -0.281. The van der Waals surface area contributed by atoms with Crippen molar-refractivity contribution in [1.82, 2.24) is 0 Å². The minimum absolute atomic E-state index is 0.0313. The van der Waals surface area contributed by atoms with Gasteiger partial charge in [0.05, 0.1) is 92.5 Å². The maximum atomic E-state index is 12.6. The van der Waals surface area contributed by atoms with Gasteiger partial charge < -0.3 is 42.6 Å². The molecule has 0 amide bonds. The third-order valence-electron chi connectivity index (χ3n) is 4.38. The molecular formula is C22H32F10O11. The van der Waals surface area contributed by atoms with Crippen LogP contribution in [0.15, 0.2) is 0 Å². The third kappa shape index (κ3) is 18.4. The molecule has 0 bridgehead atoms. The molecule has 43 heavy (non-hydrogen) atoms. The maximum Gasteiger partial charge on any atom is 0.465 e. The highest BCUT2D eigenvalue weighted by Gasteiger charge is 2.65. The van der Waals surface area contributed by atoms with Crippen molar-refractivity contribution in [2.24, 2.45) is 0 Å². The lowest BCUT2D eigenvalue weighted by Crippen LogP contribution is -2.45. The Labute approximate surface area is 238 Å².